The van der Waals surface area contributed by atoms with Crippen LogP contribution >= 0.6 is 22.7 Å². The number of amides is 1. The second kappa shape index (κ2) is 4.79. The molecule has 0 radical (unpaired) electrons. The van der Waals surface area contributed by atoms with Crippen LogP contribution in [0.15, 0.2) is 17.5 Å². The molecular weight excluding hydrogens is 314 g/mol. The highest BCUT2D eigenvalue weighted by molar-refractivity contribution is 7.21. The van der Waals surface area contributed by atoms with Crippen LogP contribution in [-0.4, -0.2) is 10.9 Å². The molecule has 0 saturated heterocycles. The zero-order valence-corrected chi connectivity index (χ0v) is 13.7. The van der Waals surface area contributed by atoms with Crippen molar-refractivity contribution in [2.45, 2.75) is 25.7 Å². The Morgan fingerprint density at radius 3 is 2.95 bits per heavy atom. The quantitative estimate of drug-likeness (QED) is 0.751. The number of fused-ring (bicyclic) bond motifs is 2. The van der Waals surface area contributed by atoms with E-state index in [0.29, 0.717) is 16.5 Å². The summed E-state index contributed by atoms with van der Waals surface area (Å²) >= 11 is 3.00. The minimum atomic E-state index is -0.481. The fourth-order valence-electron chi connectivity index (χ4n) is 3.24. The molecule has 0 aliphatic heterocycles. The minimum absolute atomic E-state index is 0.414. The fourth-order valence-corrected chi connectivity index (χ4v) is 5.01. The van der Waals surface area contributed by atoms with E-state index in [1.165, 1.54) is 21.8 Å². The van der Waals surface area contributed by atoms with E-state index in [4.69, 9.17) is 16.5 Å². The van der Waals surface area contributed by atoms with Crippen LogP contribution < -0.4 is 11.5 Å². The summed E-state index contributed by atoms with van der Waals surface area (Å²) in [5, 5.41) is 2.96. The number of anilines is 1. The molecule has 0 saturated carbocycles. The van der Waals surface area contributed by atoms with Gasteiger partial charge in [0.05, 0.1) is 5.69 Å². The molecular formula is C16H15N3OS2. The number of hydrogen-bond donors (Lipinski definition) is 2. The highest BCUT2D eigenvalue weighted by atomic mass is 32.1. The molecule has 6 heteroatoms. The lowest BCUT2D eigenvalue weighted by molar-refractivity contribution is 0.100. The molecule has 1 atom stereocenters. The molecule has 3 aromatic rings. The van der Waals surface area contributed by atoms with Crippen LogP contribution in [0.1, 0.15) is 40.2 Å². The molecule has 22 heavy (non-hydrogen) atoms. The predicted octanol–water partition coefficient (Wildman–Crippen LogP) is 3.76. The van der Waals surface area contributed by atoms with Crippen molar-refractivity contribution in [2.75, 3.05) is 5.73 Å². The Kier molecular flexibility index (Phi) is 2.99. The maximum atomic E-state index is 11.6. The van der Waals surface area contributed by atoms with Crippen molar-refractivity contribution >= 4 is 44.5 Å². The smallest absolute Gasteiger partial charge is 0.260 e. The molecule has 4 rings (SSSR count). The number of nitrogens with zero attached hydrogens (tertiary/aromatic N) is 1. The average molecular weight is 329 g/mol. The van der Waals surface area contributed by atoms with Crippen LogP contribution in [0.5, 0.6) is 0 Å². The van der Waals surface area contributed by atoms with Crippen LogP contribution in [0.3, 0.4) is 0 Å². The third-order valence-electron chi connectivity index (χ3n) is 4.30. The summed E-state index contributed by atoms with van der Waals surface area (Å²) in [7, 11) is 0. The van der Waals surface area contributed by atoms with Gasteiger partial charge in [0.1, 0.15) is 9.71 Å². The summed E-state index contributed by atoms with van der Waals surface area (Å²) in [5.41, 5.74) is 15.8. The first-order valence-corrected chi connectivity index (χ1v) is 8.86. The lowest BCUT2D eigenvalue weighted by atomic mass is 10.0. The van der Waals surface area contributed by atoms with Crippen molar-refractivity contribution in [1.82, 2.24) is 4.98 Å². The van der Waals surface area contributed by atoms with E-state index in [-0.39, 0.29) is 0 Å². The topological polar surface area (TPSA) is 82.0 Å². The molecule has 1 unspecified atom stereocenters. The summed E-state index contributed by atoms with van der Waals surface area (Å²) in [6, 6.07) is 4.14. The molecule has 4 N–H and O–H groups in total. The van der Waals surface area contributed by atoms with Gasteiger partial charge < -0.3 is 11.5 Å². The van der Waals surface area contributed by atoms with E-state index in [0.717, 1.165) is 34.3 Å². The van der Waals surface area contributed by atoms with Gasteiger partial charge in [-0.3, -0.25) is 4.79 Å². The van der Waals surface area contributed by atoms with Gasteiger partial charge in [-0.25, -0.2) is 4.98 Å². The molecule has 0 bridgehead atoms. The second-order valence-electron chi connectivity index (χ2n) is 5.66. The first-order valence-electron chi connectivity index (χ1n) is 7.16. The number of nitrogens with two attached hydrogens (primary N) is 2. The van der Waals surface area contributed by atoms with Crippen molar-refractivity contribution in [2.24, 2.45) is 5.73 Å². The van der Waals surface area contributed by atoms with Gasteiger partial charge in [0.15, 0.2) is 0 Å². The van der Waals surface area contributed by atoms with E-state index in [1.807, 2.05) is 6.07 Å². The van der Waals surface area contributed by atoms with Crippen LogP contribution in [0, 0.1) is 0 Å². The van der Waals surface area contributed by atoms with Crippen molar-refractivity contribution in [1.29, 1.82) is 0 Å². The Balaban J connectivity index is 2.16. The fraction of sp³-hybridized carbons (Fsp3) is 0.250. The molecule has 3 aromatic heterocycles. The highest BCUT2D eigenvalue weighted by Crippen LogP contribution is 2.47. The lowest BCUT2D eigenvalue weighted by Gasteiger charge is -2.10. The highest BCUT2D eigenvalue weighted by Gasteiger charge is 2.29. The maximum absolute atomic E-state index is 11.6. The van der Waals surface area contributed by atoms with Crippen molar-refractivity contribution in [3.05, 3.63) is 33.6 Å². The molecule has 0 spiro atoms. The zero-order chi connectivity index (χ0) is 15.4. The third-order valence-corrected chi connectivity index (χ3v) is 6.30. The summed E-state index contributed by atoms with van der Waals surface area (Å²) in [6.07, 6.45) is 2.12. The molecule has 3 heterocycles. The van der Waals surface area contributed by atoms with Crippen LogP contribution in [-0.2, 0) is 6.42 Å². The molecule has 1 aliphatic rings. The Hall–Kier alpha value is -1.92. The summed E-state index contributed by atoms with van der Waals surface area (Å²) in [6.45, 7) is 2.20. The van der Waals surface area contributed by atoms with Gasteiger partial charge in [-0.2, -0.15) is 0 Å². The monoisotopic (exact) mass is 329 g/mol. The lowest BCUT2D eigenvalue weighted by Crippen LogP contribution is -2.10. The van der Waals surface area contributed by atoms with E-state index in [1.54, 1.807) is 11.3 Å². The molecule has 1 amide bonds. The van der Waals surface area contributed by atoms with Crippen molar-refractivity contribution < 1.29 is 4.79 Å². The Morgan fingerprint density at radius 2 is 2.27 bits per heavy atom. The largest absolute Gasteiger partial charge is 0.397 e. The van der Waals surface area contributed by atoms with Gasteiger partial charge in [-0.05, 0) is 35.8 Å². The van der Waals surface area contributed by atoms with Gasteiger partial charge in [0, 0.05) is 21.5 Å². The number of thiophene rings is 2. The predicted molar refractivity (Wildman–Crippen MR) is 92.6 cm³/mol. The van der Waals surface area contributed by atoms with Crippen LogP contribution in [0.2, 0.25) is 0 Å². The molecule has 1 aliphatic carbocycles. The SMILES string of the molecule is CC1CCc2c1nc1sc(C(N)=O)c(N)c1c2-c1cccs1. The van der Waals surface area contributed by atoms with Crippen molar-refractivity contribution in [3.63, 3.8) is 0 Å². The van der Waals surface area contributed by atoms with Crippen LogP contribution in [0.4, 0.5) is 5.69 Å². The number of carbonyl (C=O) groups excluding carboxylic acids is 1. The molecule has 112 valence electrons. The standard InChI is InChI=1S/C16H15N3OS2/c1-7-4-5-8-10(9-3-2-6-21-9)11-12(17)14(15(18)20)22-16(11)19-13(7)8/h2-3,6-7H,4-5,17H2,1H3,(H2,18,20). The van der Waals surface area contributed by atoms with Gasteiger partial charge in [0.25, 0.3) is 5.91 Å². The number of hydrogen-bond acceptors (Lipinski definition) is 5. The average Bonchev–Trinajstić information content (AvgIpc) is 3.18. The van der Waals surface area contributed by atoms with E-state index >= 15 is 0 Å². The first kappa shape index (κ1) is 13.7. The zero-order valence-electron chi connectivity index (χ0n) is 12.1. The third kappa shape index (κ3) is 1.80. The summed E-state index contributed by atoms with van der Waals surface area (Å²) in [5.74, 6) is -0.0377. The molecule has 0 aromatic carbocycles. The van der Waals surface area contributed by atoms with Gasteiger partial charge in [0.2, 0.25) is 0 Å². The van der Waals surface area contributed by atoms with Gasteiger partial charge in [-0.1, -0.05) is 13.0 Å². The van der Waals surface area contributed by atoms with Gasteiger partial charge >= 0.3 is 0 Å². The van der Waals surface area contributed by atoms with Crippen LogP contribution in [0.25, 0.3) is 20.7 Å². The Labute approximate surface area is 135 Å². The number of nitrogen functional groups attached to an aromatic ring is 1. The van der Waals surface area contributed by atoms with E-state index in [9.17, 15) is 4.79 Å². The number of aromatic nitrogens is 1. The number of primary amides is 1. The molecule has 4 nitrogen and oxygen atoms in total. The normalized spacial score (nSPS) is 17.0. The number of carbonyl (C=O) groups is 1. The summed E-state index contributed by atoms with van der Waals surface area (Å²) in [4.78, 5) is 18.9. The van der Waals surface area contributed by atoms with E-state index < -0.39 is 5.91 Å². The van der Waals surface area contributed by atoms with Crippen molar-refractivity contribution in [3.8, 4) is 10.4 Å². The van der Waals surface area contributed by atoms with E-state index in [2.05, 4.69) is 18.4 Å². The number of rotatable bonds is 2. The first-order chi connectivity index (χ1) is 10.6. The minimum Gasteiger partial charge on any atom is -0.397 e. The maximum Gasteiger partial charge on any atom is 0.260 e. The summed E-state index contributed by atoms with van der Waals surface area (Å²) < 4.78 is 0. The Bertz CT molecular complexity index is 896. The Morgan fingerprint density at radius 1 is 1.45 bits per heavy atom. The second-order valence-corrected chi connectivity index (χ2v) is 7.60. The van der Waals surface area contributed by atoms with Gasteiger partial charge in [-0.15, -0.1) is 22.7 Å². The molecule has 0 fully saturated rings. The number of pyridine rings is 1.